The van der Waals surface area contributed by atoms with Crippen molar-refractivity contribution in [3.63, 3.8) is 0 Å². The number of amides is 5. The fraction of sp³-hybridized carbons (Fsp3) is 0.385. The first kappa shape index (κ1) is 38.4. The molecule has 5 heterocycles. The Bertz CT molecular complexity index is 2200. The fourth-order valence-corrected chi connectivity index (χ4v) is 7.36. The van der Waals surface area contributed by atoms with E-state index in [-0.39, 0.29) is 35.9 Å². The third kappa shape index (κ3) is 8.65. The number of aromatic nitrogens is 4. The molecule has 3 aliphatic rings. The number of carbonyl (C=O) groups excluding carboxylic acids is 5. The highest BCUT2D eigenvalue weighted by Crippen LogP contribution is 2.31. The molecule has 3 aliphatic heterocycles. The van der Waals surface area contributed by atoms with Gasteiger partial charge in [-0.15, -0.1) is 0 Å². The Morgan fingerprint density at radius 2 is 1.80 bits per heavy atom. The number of ether oxygens (including phenoxy) is 1. The molecular formula is C39H41ClN10O6. The predicted molar refractivity (Wildman–Crippen MR) is 204 cm³/mol. The number of nitrogens with zero attached hydrogens (tertiary/aromatic N) is 7. The van der Waals surface area contributed by atoms with Gasteiger partial charge in [0.15, 0.2) is 0 Å². The van der Waals surface area contributed by atoms with E-state index < -0.39 is 29.7 Å². The van der Waals surface area contributed by atoms with E-state index in [1.165, 1.54) is 0 Å². The van der Waals surface area contributed by atoms with E-state index >= 15 is 0 Å². The number of unbranched alkanes of at least 4 members (excludes halogenated alkanes) is 1. The van der Waals surface area contributed by atoms with E-state index in [1.54, 1.807) is 41.1 Å². The molecule has 0 aliphatic carbocycles. The van der Waals surface area contributed by atoms with Gasteiger partial charge in [0.25, 0.3) is 17.7 Å². The van der Waals surface area contributed by atoms with E-state index in [1.807, 2.05) is 25.3 Å². The lowest BCUT2D eigenvalue weighted by Gasteiger charge is -2.34. The van der Waals surface area contributed by atoms with Crippen molar-refractivity contribution in [1.82, 2.24) is 45.3 Å². The second kappa shape index (κ2) is 16.9. The number of H-pyrrole nitrogens is 1. The van der Waals surface area contributed by atoms with Crippen molar-refractivity contribution in [2.24, 2.45) is 0 Å². The second-order valence-corrected chi connectivity index (χ2v) is 14.6. The van der Waals surface area contributed by atoms with Crippen molar-refractivity contribution in [1.29, 1.82) is 0 Å². The Hall–Kier alpha value is -5.89. The molecule has 16 nitrogen and oxygen atoms in total. The van der Waals surface area contributed by atoms with E-state index in [4.69, 9.17) is 22.9 Å². The molecule has 0 saturated carbocycles. The number of piperidine rings is 1. The highest BCUT2D eigenvalue weighted by Gasteiger charge is 2.44. The van der Waals surface area contributed by atoms with E-state index in [2.05, 4.69) is 40.6 Å². The molecule has 0 bridgehead atoms. The number of piperazine rings is 1. The van der Waals surface area contributed by atoms with Crippen molar-refractivity contribution in [2.75, 3.05) is 39.3 Å². The molecule has 7 rings (SSSR count). The number of hydrogen-bond acceptors (Lipinski definition) is 10. The smallest absolute Gasteiger partial charge is 0.272 e. The molecule has 2 aromatic heterocycles. The van der Waals surface area contributed by atoms with Crippen LogP contribution in [0.1, 0.15) is 69.5 Å². The van der Waals surface area contributed by atoms with Crippen LogP contribution in [-0.4, -0.2) is 116 Å². The van der Waals surface area contributed by atoms with Crippen LogP contribution in [0.4, 0.5) is 5.69 Å². The molecule has 290 valence electrons. The molecule has 1 unspecified atom stereocenters. The summed E-state index contributed by atoms with van der Waals surface area (Å²) >= 11 is 6.19. The second-order valence-electron chi connectivity index (χ2n) is 14.2. The van der Waals surface area contributed by atoms with Crippen LogP contribution in [0.2, 0.25) is 5.02 Å². The first-order chi connectivity index (χ1) is 27.1. The summed E-state index contributed by atoms with van der Waals surface area (Å²) in [6.07, 6.45) is 3.75. The van der Waals surface area contributed by atoms with Gasteiger partial charge in [0.1, 0.15) is 17.5 Å². The average molecular weight is 781 g/mol. The van der Waals surface area contributed by atoms with Crippen LogP contribution in [0.3, 0.4) is 0 Å². The maximum Gasteiger partial charge on any atom is 0.272 e. The lowest BCUT2D eigenvalue weighted by atomic mass is 10.0. The topological polar surface area (TPSA) is 179 Å². The Labute approximate surface area is 327 Å². The molecule has 2 aromatic carbocycles. The van der Waals surface area contributed by atoms with Crippen molar-refractivity contribution >= 4 is 46.8 Å². The maximum absolute atomic E-state index is 13.1. The average Bonchev–Trinajstić information content (AvgIpc) is 3.91. The minimum absolute atomic E-state index is 0.0704. The number of fused-ring (bicyclic) bond motifs is 1. The number of carbonyl (C=O) groups is 5. The number of aromatic amines is 1. The molecule has 0 radical (unpaired) electrons. The van der Waals surface area contributed by atoms with Gasteiger partial charge in [0, 0.05) is 62.0 Å². The molecule has 2 fully saturated rings. The van der Waals surface area contributed by atoms with E-state index in [9.17, 15) is 24.0 Å². The largest absolute Gasteiger partial charge is 0.494 e. The number of imide groups is 2. The highest BCUT2D eigenvalue weighted by atomic mass is 35.5. The van der Waals surface area contributed by atoms with Gasteiger partial charge in [0.2, 0.25) is 17.5 Å². The molecule has 3 N–H and O–H groups in total. The minimum atomic E-state index is -1.00. The van der Waals surface area contributed by atoms with Crippen molar-refractivity contribution in [3.05, 3.63) is 93.7 Å². The first-order valence-corrected chi connectivity index (χ1v) is 18.9. The Kier molecular flexibility index (Phi) is 11.6. The molecule has 2 saturated heterocycles. The van der Waals surface area contributed by atoms with Crippen LogP contribution < -0.4 is 15.4 Å². The Morgan fingerprint density at radius 3 is 2.57 bits per heavy atom. The third-order valence-electron chi connectivity index (χ3n) is 10.1. The van der Waals surface area contributed by atoms with Gasteiger partial charge in [-0.1, -0.05) is 23.7 Å². The van der Waals surface area contributed by atoms with Crippen molar-refractivity contribution < 1.29 is 28.7 Å². The van der Waals surface area contributed by atoms with Gasteiger partial charge in [-0.2, -0.15) is 10.2 Å². The number of halogens is 1. The zero-order chi connectivity index (χ0) is 39.3. The number of hydrogen-bond donors (Lipinski definition) is 3. The van der Waals surface area contributed by atoms with Gasteiger partial charge >= 0.3 is 0 Å². The SMILES string of the molecule is [C-]#[N+]c1ccc(-c2ccn(C[C@@H](C)NC(=O)c3cc(CN4CCN(CCCCOc5ccc6c(c5)C(=O)N(C5CCC(=O)NC5=O)C6=O)CC4)[nH]n3)n2)cc1Cl. The molecule has 17 heteroatoms. The molecular weight excluding hydrogens is 740 g/mol. The summed E-state index contributed by atoms with van der Waals surface area (Å²) in [5, 5.41) is 17.4. The van der Waals surface area contributed by atoms with Crippen LogP contribution in [0.5, 0.6) is 5.75 Å². The summed E-state index contributed by atoms with van der Waals surface area (Å²) in [7, 11) is 0. The van der Waals surface area contributed by atoms with Gasteiger partial charge in [-0.05, 0) is 69.1 Å². The monoisotopic (exact) mass is 780 g/mol. The standard InChI is InChI=1S/C39H41ClN10O6/c1-24(22-49-13-11-31(46-49)25-5-8-32(41-2)30(40)19-25)42-36(52)33-20-26(44-45-33)23-48-16-14-47(15-17-48)12-3-4-18-56-27-6-7-28-29(21-27)39(55)50(38(28)54)34-9-10-35(51)43-37(34)53/h5-8,11,13,19-21,24,34H,3-4,9-10,12,14-18,22-23H2,1H3,(H,42,52)(H,44,45)(H,43,51,53)/t24-,34?/m1/s1. The van der Waals surface area contributed by atoms with Gasteiger partial charge in [-0.25, -0.2) is 4.85 Å². The first-order valence-electron chi connectivity index (χ1n) is 18.6. The van der Waals surface area contributed by atoms with Gasteiger partial charge < -0.3 is 15.0 Å². The molecule has 2 atom stereocenters. The summed E-state index contributed by atoms with van der Waals surface area (Å²) in [6, 6.07) is 12.4. The lowest BCUT2D eigenvalue weighted by molar-refractivity contribution is -0.136. The normalized spacial score (nSPS) is 18.1. The summed E-state index contributed by atoms with van der Waals surface area (Å²) in [5.74, 6) is -1.93. The third-order valence-corrected chi connectivity index (χ3v) is 10.4. The predicted octanol–water partition coefficient (Wildman–Crippen LogP) is 3.67. The molecule has 4 aromatic rings. The number of nitrogens with one attached hydrogen (secondary N) is 3. The number of benzene rings is 2. The Morgan fingerprint density at radius 1 is 1.02 bits per heavy atom. The fourth-order valence-electron chi connectivity index (χ4n) is 7.14. The van der Waals surface area contributed by atoms with Crippen LogP contribution in [0, 0.1) is 6.57 Å². The lowest BCUT2D eigenvalue weighted by Crippen LogP contribution is -2.54. The summed E-state index contributed by atoms with van der Waals surface area (Å²) in [4.78, 5) is 71.9. The zero-order valence-electron chi connectivity index (χ0n) is 30.8. The quantitative estimate of drug-likeness (QED) is 0.0972. The van der Waals surface area contributed by atoms with Crippen LogP contribution in [0.25, 0.3) is 16.1 Å². The van der Waals surface area contributed by atoms with E-state index in [0.29, 0.717) is 41.8 Å². The summed E-state index contributed by atoms with van der Waals surface area (Å²) in [6.45, 7) is 15.2. The van der Waals surface area contributed by atoms with Gasteiger partial charge in [-0.3, -0.25) is 48.9 Å². The highest BCUT2D eigenvalue weighted by molar-refractivity contribution is 6.33. The van der Waals surface area contributed by atoms with Crippen LogP contribution in [0.15, 0.2) is 54.7 Å². The molecule has 56 heavy (non-hydrogen) atoms. The van der Waals surface area contributed by atoms with Crippen LogP contribution in [-0.2, 0) is 22.7 Å². The molecule has 5 amide bonds. The Balaban J connectivity index is 0.789. The summed E-state index contributed by atoms with van der Waals surface area (Å²) < 4.78 is 7.67. The zero-order valence-corrected chi connectivity index (χ0v) is 31.6. The van der Waals surface area contributed by atoms with E-state index in [0.717, 1.165) is 67.4 Å². The van der Waals surface area contributed by atoms with Crippen molar-refractivity contribution in [3.8, 4) is 17.0 Å². The maximum atomic E-state index is 13.1. The van der Waals surface area contributed by atoms with Gasteiger partial charge in [0.05, 0.1) is 42.2 Å². The minimum Gasteiger partial charge on any atom is -0.494 e. The van der Waals surface area contributed by atoms with Crippen LogP contribution >= 0.6 is 11.6 Å². The van der Waals surface area contributed by atoms with Crippen molar-refractivity contribution in [2.45, 2.75) is 57.8 Å². The molecule has 0 spiro atoms. The summed E-state index contributed by atoms with van der Waals surface area (Å²) in [5.41, 5.74) is 3.55. The number of rotatable bonds is 14.